The lowest BCUT2D eigenvalue weighted by Crippen LogP contribution is -2.42. The van der Waals surface area contributed by atoms with Crippen LogP contribution in [0.3, 0.4) is 0 Å². The number of hydrogen-bond acceptors (Lipinski definition) is 2. The average Bonchev–Trinajstić information content (AvgIpc) is 3.12. The maximum absolute atomic E-state index is 6.42. The van der Waals surface area contributed by atoms with Gasteiger partial charge in [-0.3, -0.25) is 4.90 Å². The van der Waals surface area contributed by atoms with E-state index >= 15 is 0 Å². The van der Waals surface area contributed by atoms with Crippen LogP contribution < -0.4 is 5.73 Å². The number of hydrogen-bond donors (Lipinski definition) is 1. The number of nitrogens with zero attached hydrogens (tertiary/aromatic N) is 1. The lowest BCUT2D eigenvalue weighted by Gasteiger charge is -2.30. The van der Waals surface area contributed by atoms with Gasteiger partial charge in [0, 0.05) is 18.6 Å². The van der Waals surface area contributed by atoms with Crippen molar-refractivity contribution in [2.45, 2.75) is 38.3 Å². The Bertz CT molecular complexity index is 398. The zero-order valence-electron chi connectivity index (χ0n) is 10.6. The van der Waals surface area contributed by atoms with Crippen molar-refractivity contribution in [3.8, 4) is 0 Å². The van der Waals surface area contributed by atoms with Crippen molar-refractivity contribution in [1.82, 2.24) is 4.90 Å². The summed E-state index contributed by atoms with van der Waals surface area (Å²) in [6.45, 7) is 4.64. The zero-order valence-corrected chi connectivity index (χ0v) is 10.6. The van der Waals surface area contributed by atoms with Gasteiger partial charge in [-0.15, -0.1) is 0 Å². The normalized spacial score (nSPS) is 27.5. The standard InChI is InChI=1S/C15H22N2/c1-2-17(10-11-7-8-11)14-9-12-5-3-4-6-13(12)15(14)16/h3-6,11,14-15H,2,7-10,16H2,1H3. The van der Waals surface area contributed by atoms with Gasteiger partial charge in [0.15, 0.2) is 0 Å². The van der Waals surface area contributed by atoms with E-state index in [-0.39, 0.29) is 6.04 Å². The molecule has 0 aliphatic heterocycles. The molecular weight excluding hydrogens is 208 g/mol. The Morgan fingerprint density at radius 1 is 1.29 bits per heavy atom. The highest BCUT2D eigenvalue weighted by molar-refractivity contribution is 5.36. The quantitative estimate of drug-likeness (QED) is 0.860. The Balaban J connectivity index is 1.76. The summed E-state index contributed by atoms with van der Waals surface area (Å²) in [5.74, 6) is 0.950. The molecule has 2 aliphatic carbocycles. The van der Waals surface area contributed by atoms with Crippen molar-refractivity contribution in [3.63, 3.8) is 0 Å². The van der Waals surface area contributed by atoms with Gasteiger partial charge in [0.25, 0.3) is 0 Å². The molecule has 17 heavy (non-hydrogen) atoms. The maximum Gasteiger partial charge on any atom is 0.0459 e. The summed E-state index contributed by atoms with van der Waals surface area (Å²) in [4.78, 5) is 2.60. The molecule has 92 valence electrons. The first-order valence-electron chi connectivity index (χ1n) is 6.87. The number of likely N-dealkylation sites (N-methyl/N-ethyl adjacent to an activating group) is 1. The Morgan fingerprint density at radius 2 is 2.06 bits per heavy atom. The van der Waals surface area contributed by atoms with Crippen LogP contribution in [0.2, 0.25) is 0 Å². The molecule has 2 N–H and O–H groups in total. The number of fused-ring (bicyclic) bond motifs is 1. The summed E-state index contributed by atoms with van der Waals surface area (Å²) in [6, 6.07) is 9.41. The predicted octanol–water partition coefficient (Wildman–Crippen LogP) is 2.34. The second-order valence-electron chi connectivity index (χ2n) is 5.53. The minimum Gasteiger partial charge on any atom is -0.323 e. The molecule has 2 aliphatic rings. The van der Waals surface area contributed by atoms with Crippen LogP contribution in [0.4, 0.5) is 0 Å². The number of nitrogens with two attached hydrogens (primary N) is 1. The van der Waals surface area contributed by atoms with E-state index in [9.17, 15) is 0 Å². The molecule has 2 heteroatoms. The van der Waals surface area contributed by atoms with Crippen molar-refractivity contribution in [1.29, 1.82) is 0 Å². The molecular formula is C15H22N2. The summed E-state index contributed by atoms with van der Waals surface area (Å²) >= 11 is 0. The smallest absolute Gasteiger partial charge is 0.0459 e. The first kappa shape index (κ1) is 11.2. The molecule has 0 amide bonds. The van der Waals surface area contributed by atoms with Crippen LogP contribution >= 0.6 is 0 Å². The van der Waals surface area contributed by atoms with Crippen LogP contribution in [0, 0.1) is 5.92 Å². The Hall–Kier alpha value is -0.860. The van der Waals surface area contributed by atoms with E-state index in [1.54, 1.807) is 0 Å². The molecule has 1 aromatic rings. The highest BCUT2D eigenvalue weighted by Crippen LogP contribution is 2.36. The molecule has 1 fully saturated rings. The fourth-order valence-corrected chi connectivity index (χ4v) is 3.09. The second-order valence-corrected chi connectivity index (χ2v) is 5.53. The summed E-state index contributed by atoms with van der Waals surface area (Å²) in [5.41, 5.74) is 9.25. The lowest BCUT2D eigenvalue weighted by molar-refractivity contribution is 0.181. The predicted molar refractivity (Wildman–Crippen MR) is 70.8 cm³/mol. The van der Waals surface area contributed by atoms with Gasteiger partial charge in [-0.25, -0.2) is 0 Å². The van der Waals surface area contributed by atoms with E-state index in [0.29, 0.717) is 6.04 Å². The van der Waals surface area contributed by atoms with Crippen LogP contribution in [0.5, 0.6) is 0 Å². The molecule has 3 rings (SSSR count). The summed E-state index contributed by atoms with van der Waals surface area (Å²) < 4.78 is 0. The summed E-state index contributed by atoms with van der Waals surface area (Å²) in [6.07, 6.45) is 3.98. The minimum absolute atomic E-state index is 0.213. The maximum atomic E-state index is 6.42. The first-order valence-corrected chi connectivity index (χ1v) is 6.87. The van der Waals surface area contributed by atoms with E-state index in [0.717, 1.165) is 18.9 Å². The SMILES string of the molecule is CCN(CC1CC1)C1Cc2ccccc2C1N. The van der Waals surface area contributed by atoms with Gasteiger partial charge in [-0.05, 0) is 42.9 Å². The summed E-state index contributed by atoms with van der Waals surface area (Å²) in [5, 5.41) is 0. The molecule has 0 heterocycles. The van der Waals surface area contributed by atoms with Crippen LogP contribution in [-0.4, -0.2) is 24.0 Å². The van der Waals surface area contributed by atoms with Crippen molar-refractivity contribution in [3.05, 3.63) is 35.4 Å². The largest absolute Gasteiger partial charge is 0.323 e. The van der Waals surface area contributed by atoms with Gasteiger partial charge in [0.05, 0.1) is 0 Å². The van der Waals surface area contributed by atoms with Gasteiger partial charge < -0.3 is 5.73 Å². The van der Waals surface area contributed by atoms with Crippen LogP contribution in [0.1, 0.15) is 36.9 Å². The third kappa shape index (κ3) is 2.12. The molecule has 0 bridgehead atoms. The third-order valence-electron chi connectivity index (χ3n) is 4.32. The van der Waals surface area contributed by atoms with Crippen molar-refractivity contribution >= 4 is 0 Å². The highest BCUT2D eigenvalue weighted by Gasteiger charge is 2.35. The molecule has 2 unspecified atom stereocenters. The number of rotatable bonds is 4. The minimum atomic E-state index is 0.213. The van der Waals surface area contributed by atoms with Crippen molar-refractivity contribution in [2.24, 2.45) is 11.7 Å². The van der Waals surface area contributed by atoms with Gasteiger partial charge in [0.1, 0.15) is 0 Å². The van der Waals surface area contributed by atoms with Gasteiger partial charge in [-0.2, -0.15) is 0 Å². The molecule has 1 saturated carbocycles. The van der Waals surface area contributed by atoms with Crippen LogP contribution in [0.15, 0.2) is 24.3 Å². The molecule has 0 radical (unpaired) electrons. The highest BCUT2D eigenvalue weighted by atomic mass is 15.2. The van der Waals surface area contributed by atoms with Gasteiger partial charge in [0.2, 0.25) is 0 Å². The molecule has 0 spiro atoms. The van der Waals surface area contributed by atoms with Crippen LogP contribution in [-0.2, 0) is 6.42 Å². The van der Waals surface area contributed by atoms with Crippen molar-refractivity contribution in [2.75, 3.05) is 13.1 Å². The van der Waals surface area contributed by atoms with E-state index in [2.05, 4.69) is 36.1 Å². The third-order valence-corrected chi connectivity index (χ3v) is 4.32. The van der Waals surface area contributed by atoms with Gasteiger partial charge >= 0.3 is 0 Å². The first-order chi connectivity index (χ1) is 8.29. The van der Waals surface area contributed by atoms with Gasteiger partial charge in [-0.1, -0.05) is 31.2 Å². The monoisotopic (exact) mass is 230 g/mol. The lowest BCUT2D eigenvalue weighted by atomic mass is 10.1. The fourth-order valence-electron chi connectivity index (χ4n) is 3.09. The topological polar surface area (TPSA) is 29.3 Å². The van der Waals surface area contributed by atoms with Crippen LogP contribution in [0.25, 0.3) is 0 Å². The van der Waals surface area contributed by atoms with E-state index in [1.165, 1.54) is 30.5 Å². The molecule has 0 saturated heterocycles. The Morgan fingerprint density at radius 3 is 2.71 bits per heavy atom. The summed E-state index contributed by atoms with van der Waals surface area (Å²) in [7, 11) is 0. The second kappa shape index (κ2) is 4.43. The molecule has 2 nitrogen and oxygen atoms in total. The zero-order chi connectivity index (χ0) is 11.8. The Labute approximate surface area is 104 Å². The number of benzene rings is 1. The van der Waals surface area contributed by atoms with E-state index in [4.69, 9.17) is 5.73 Å². The molecule has 2 atom stereocenters. The van der Waals surface area contributed by atoms with E-state index in [1.807, 2.05) is 0 Å². The van der Waals surface area contributed by atoms with Crippen molar-refractivity contribution < 1.29 is 0 Å². The van der Waals surface area contributed by atoms with E-state index < -0.39 is 0 Å². The fraction of sp³-hybridized carbons (Fsp3) is 0.600. The Kier molecular flexibility index (Phi) is 2.93. The molecule has 1 aromatic carbocycles. The molecule has 0 aromatic heterocycles. The average molecular weight is 230 g/mol.